The summed E-state index contributed by atoms with van der Waals surface area (Å²) in [4.78, 5) is 11.2. The maximum Gasteiger partial charge on any atom is 0.273 e. The Morgan fingerprint density at radius 3 is 2.82 bits per heavy atom. The Hall–Kier alpha value is -0.910. The molecule has 1 saturated heterocycles. The molecule has 0 saturated carbocycles. The van der Waals surface area contributed by atoms with Crippen LogP contribution < -0.4 is 5.32 Å². The van der Waals surface area contributed by atoms with E-state index in [-0.39, 0.29) is 24.8 Å². The van der Waals surface area contributed by atoms with Crippen LogP contribution in [0.25, 0.3) is 0 Å². The summed E-state index contributed by atoms with van der Waals surface area (Å²) in [7, 11) is 0. The third-order valence-corrected chi connectivity index (χ3v) is 2.54. The van der Waals surface area contributed by atoms with Gasteiger partial charge in [-0.15, -0.1) is 0 Å². The summed E-state index contributed by atoms with van der Waals surface area (Å²) in [6.07, 6.45) is 2.05. The molecular weight excluding hydrogens is 222 g/mol. The highest BCUT2D eigenvalue weighted by Gasteiger charge is 2.27. The van der Waals surface area contributed by atoms with E-state index in [1.54, 1.807) is 6.92 Å². The quantitative estimate of drug-likeness (QED) is 0.588. The van der Waals surface area contributed by atoms with Crippen molar-refractivity contribution in [3.05, 3.63) is 12.2 Å². The first-order valence-corrected chi connectivity index (χ1v) is 5.89. The molecule has 3 atom stereocenters. The van der Waals surface area contributed by atoms with Crippen LogP contribution in [0.2, 0.25) is 0 Å². The minimum Gasteiger partial charge on any atom is -0.329 e. The largest absolute Gasteiger partial charge is 0.329 e. The highest BCUT2D eigenvalue weighted by molar-refractivity contribution is 5.91. The predicted molar refractivity (Wildman–Crippen MR) is 63.0 cm³/mol. The highest BCUT2D eigenvalue weighted by atomic mass is 16.9. The van der Waals surface area contributed by atoms with E-state index in [4.69, 9.17) is 14.2 Å². The van der Waals surface area contributed by atoms with Crippen molar-refractivity contribution in [3.8, 4) is 0 Å². The maximum atomic E-state index is 11.2. The molecule has 1 heterocycles. The van der Waals surface area contributed by atoms with Crippen molar-refractivity contribution in [1.82, 2.24) is 5.32 Å². The average Bonchev–Trinajstić information content (AvgIpc) is 2.27. The number of hydrogen-bond donors (Lipinski definition) is 1. The molecule has 5 nitrogen and oxygen atoms in total. The molecule has 0 aromatic heterocycles. The van der Waals surface area contributed by atoms with Crippen LogP contribution in [0, 0.1) is 0 Å². The van der Waals surface area contributed by atoms with Gasteiger partial charge in [-0.2, -0.15) is 0 Å². The second kappa shape index (κ2) is 6.74. The number of nitrogens with one attached hydrogen (secondary N) is 1. The second-order valence-electron chi connectivity index (χ2n) is 4.23. The van der Waals surface area contributed by atoms with Gasteiger partial charge in [-0.3, -0.25) is 4.79 Å². The van der Waals surface area contributed by atoms with Gasteiger partial charge in [0, 0.05) is 5.57 Å². The molecule has 17 heavy (non-hydrogen) atoms. The smallest absolute Gasteiger partial charge is 0.273 e. The van der Waals surface area contributed by atoms with Crippen LogP contribution in [0.3, 0.4) is 0 Å². The van der Waals surface area contributed by atoms with Gasteiger partial charge in [-0.25, -0.2) is 0 Å². The van der Waals surface area contributed by atoms with Gasteiger partial charge in [0.1, 0.15) is 6.73 Å². The van der Waals surface area contributed by atoms with Crippen molar-refractivity contribution in [3.63, 3.8) is 0 Å². The van der Waals surface area contributed by atoms with Gasteiger partial charge in [0.25, 0.3) is 6.48 Å². The molecule has 0 aromatic rings. The van der Waals surface area contributed by atoms with Crippen LogP contribution >= 0.6 is 0 Å². The molecule has 1 rings (SSSR count). The fourth-order valence-corrected chi connectivity index (χ4v) is 1.53. The van der Waals surface area contributed by atoms with E-state index in [0.717, 1.165) is 12.8 Å². The van der Waals surface area contributed by atoms with Crippen LogP contribution in [0.4, 0.5) is 0 Å². The number of amides is 1. The molecule has 0 aromatic carbocycles. The second-order valence-corrected chi connectivity index (χ2v) is 4.23. The molecule has 0 spiro atoms. The van der Waals surface area contributed by atoms with E-state index in [2.05, 4.69) is 18.8 Å². The lowest BCUT2D eigenvalue weighted by molar-refractivity contribution is -0.348. The SMILES string of the molecule is C=C(C)C(=O)NCOC1OC(C)CC(CC)O1. The molecule has 1 amide bonds. The van der Waals surface area contributed by atoms with E-state index < -0.39 is 6.48 Å². The van der Waals surface area contributed by atoms with Gasteiger partial charge < -0.3 is 19.5 Å². The highest BCUT2D eigenvalue weighted by Crippen LogP contribution is 2.20. The molecule has 98 valence electrons. The standard InChI is InChI=1S/C12H21NO4/c1-5-10-6-9(4)16-12(17-10)15-7-13-11(14)8(2)3/h9-10,12H,2,5-7H2,1,3-4H3,(H,13,14). The number of carbonyl (C=O) groups is 1. The van der Waals surface area contributed by atoms with E-state index >= 15 is 0 Å². The minimum atomic E-state index is -0.700. The summed E-state index contributed by atoms with van der Waals surface area (Å²) in [5, 5.41) is 2.56. The Bertz CT molecular complexity index is 280. The van der Waals surface area contributed by atoms with Crippen molar-refractivity contribution in [1.29, 1.82) is 0 Å². The van der Waals surface area contributed by atoms with Crippen molar-refractivity contribution in [2.45, 2.75) is 52.3 Å². The monoisotopic (exact) mass is 243 g/mol. The molecular formula is C12H21NO4. The number of hydrogen-bond acceptors (Lipinski definition) is 4. The van der Waals surface area contributed by atoms with Gasteiger partial charge in [0.05, 0.1) is 12.2 Å². The maximum absolute atomic E-state index is 11.2. The third kappa shape index (κ3) is 4.85. The Balaban J connectivity index is 2.26. The van der Waals surface area contributed by atoms with E-state index in [1.165, 1.54) is 0 Å². The lowest BCUT2D eigenvalue weighted by Gasteiger charge is -2.33. The van der Waals surface area contributed by atoms with Crippen molar-refractivity contribution in [2.75, 3.05) is 6.73 Å². The molecule has 1 fully saturated rings. The predicted octanol–water partition coefficient (Wildman–Crippen LogP) is 1.54. The van der Waals surface area contributed by atoms with Crippen molar-refractivity contribution >= 4 is 5.91 Å². The van der Waals surface area contributed by atoms with E-state index in [9.17, 15) is 4.79 Å². The lowest BCUT2D eigenvalue weighted by atomic mass is 10.1. The van der Waals surface area contributed by atoms with Crippen LogP contribution in [-0.2, 0) is 19.0 Å². The molecule has 3 unspecified atom stereocenters. The third-order valence-electron chi connectivity index (χ3n) is 2.54. The molecule has 0 bridgehead atoms. The van der Waals surface area contributed by atoms with E-state index in [0.29, 0.717) is 5.57 Å². The lowest BCUT2D eigenvalue weighted by Crippen LogP contribution is -2.40. The number of rotatable bonds is 5. The summed E-state index contributed by atoms with van der Waals surface area (Å²) in [6.45, 7) is 8.56. The fourth-order valence-electron chi connectivity index (χ4n) is 1.53. The minimum absolute atomic E-state index is 0.0551. The Labute approximate surface area is 102 Å². The molecule has 1 N–H and O–H groups in total. The van der Waals surface area contributed by atoms with Gasteiger partial charge in [-0.1, -0.05) is 13.5 Å². The topological polar surface area (TPSA) is 56.8 Å². The summed E-state index contributed by atoms with van der Waals surface area (Å²) in [5.74, 6) is -0.235. The first-order chi connectivity index (χ1) is 8.02. The number of ether oxygens (including phenoxy) is 3. The number of carbonyl (C=O) groups excluding carboxylic acids is 1. The van der Waals surface area contributed by atoms with Crippen LogP contribution in [0.5, 0.6) is 0 Å². The molecule has 5 heteroatoms. The van der Waals surface area contributed by atoms with Crippen LogP contribution in [0.1, 0.15) is 33.6 Å². The normalized spacial score (nSPS) is 28.8. The Kier molecular flexibility index (Phi) is 5.61. The van der Waals surface area contributed by atoms with E-state index in [1.807, 2.05) is 6.92 Å². The molecule has 1 aliphatic heterocycles. The summed E-state index contributed by atoms with van der Waals surface area (Å²) in [6, 6.07) is 0. The average molecular weight is 243 g/mol. The summed E-state index contributed by atoms with van der Waals surface area (Å²) in [5.41, 5.74) is 0.443. The first kappa shape index (κ1) is 14.2. The zero-order valence-corrected chi connectivity index (χ0v) is 10.7. The first-order valence-electron chi connectivity index (χ1n) is 5.89. The molecule has 1 aliphatic rings. The van der Waals surface area contributed by atoms with Gasteiger partial charge in [-0.05, 0) is 26.7 Å². The van der Waals surface area contributed by atoms with Crippen LogP contribution in [0.15, 0.2) is 12.2 Å². The van der Waals surface area contributed by atoms with Crippen LogP contribution in [-0.4, -0.2) is 31.3 Å². The zero-order chi connectivity index (χ0) is 12.8. The zero-order valence-electron chi connectivity index (χ0n) is 10.7. The van der Waals surface area contributed by atoms with Gasteiger partial charge in [0.2, 0.25) is 5.91 Å². The Morgan fingerprint density at radius 2 is 2.24 bits per heavy atom. The van der Waals surface area contributed by atoms with Crippen molar-refractivity contribution in [2.24, 2.45) is 0 Å². The van der Waals surface area contributed by atoms with Gasteiger partial charge >= 0.3 is 0 Å². The molecule has 0 radical (unpaired) electrons. The fraction of sp³-hybridized carbons (Fsp3) is 0.750. The summed E-state index contributed by atoms with van der Waals surface area (Å²) < 4.78 is 16.3. The molecule has 0 aliphatic carbocycles. The summed E-state index contributed by atoms with van der Waals surface area (Å²) >= 11 is 0. The Morgan fingerprint density at radius 1 is 1.53 bits per heavy atom. The van der Waals surface area contributed by atoms with Gasteiger partial charge in [0.15, 0.2) is 0 Å². The van der Waals surface area contributed by atoms with Crippen molar-refractivity contribution < 1.29 is 19.0 Å².